The van der Waals surface area contributed by atoms with Gasteiger partial charge in [0.2, 0.25) is 5.91 Å². The van der Waals surface area contributed by atoms with Crippen LogP contribution in [0.15, 0.2) is 60.7 Å². The van der Waals surface area contributed by atoms with Crippen molar-refractivity contribution in [3.05, 3.63) is 83.2 Å². The second kappa shape index (κ2) is 15.2. The summed E-state index contributed by atoms with van der Waals surface area (Å²) in [7, 11) is -8.17. The molecule has 3 aromatic rings. The van der Waals surface area contributed by atoms with Gasteiger partial charge in [-0.1, -0.05) is 12.1 Å². The smallest absolute Gasteiger partial charge is 0.326 e. The van der Waals surface area contributed by atoms with Gasteiger partial charge in [-0.15, -0.1) is 0 Å². The average molecular weight is 747 g/mol. The van der Waals surface area contributed by atoms with Crippen LogP contribution in [0.1, 0.15) is 40.7 Å². The van der Waals surface area contributed by atoms with E-state index in [-0.39, 0.29) is 60.4 Å². The van der Waals surface area contributed by atoms with Crippen molar-refractivity contribution in [2.75, 3.05) is 41.3 Å². The van der Waals surface area contributed by atoms with E-state index in [1.165, 1.54) is 41.3 Å². The van der Waals surface area contributed by atoms with Gasteiger partial charge in [-0.3, -0.25) is 19.2 Å². The molecule has 0 unspecified atom stereocenters. The van der Waals surface area contributed by atoms with E-state index in [0.29, 0.717) is 36.8 Å². The fourth-order valence-electron chi connectivity index (χ4n) is 5.60. The number of anilines is 2. The zero-order valence-corrected chi connectivity index (χ0v) is 28.7. The predicted octanol–water partition coefficient (Wildman–Crippen LogP) is 0.813. The summed E-state index contributed by atoms with van der Waals surface area (Å²) in [5, 5.41) is 23.7. The molecule has 0 saturated carbocycles. The number of rotatable bonds is 14. The molecule has 19 heteroatoms. The number of hydrogen-bond acceptors (Lipinski definition) is 10. The van der Waals surface area contributed by atoms with Crippen molar-refractivity contribution in [2.45, 2.75) is 32.1 Å². The van der Waals surface area contributed by atoms with Crippen LogP contribution < -0.4 is 23.4 Å². The molecule has 272 valence electrons. The first-order chi connectivity index (χ1) is 24.1. The quantitative estimate of drug-likeness (QED) is 0.146. The van der Waals surface area contributed by atoms with Gasteiger partial charge in [0.1, 0.15) is 30.4 Å². The molecule has 16 nitrogen and oxygen atoms in total. The Bertz CT molecular complexity index is 2060. The summed E-state index contributed by atoms with van der Waals surface area (Å²) in [6.07, 6.45) is 1.65. The number of aryl methyl sites for hydroxylation is 2. The maximum Gasteiger partial charge on any atom is 0.326 e. The van der Waals surface area contributed by atoms with E-state index in [1.54, 1.807) is 12.1 Å². The SMILES string of the molecule is O=C(CCN(CCCc1ccc(N2CC(=O)NS2(=O)=O)c(O)c1)C(=O)c1ccc(F)cc1)NCCCc1ccc(N2CC(=O)NS2(=O)=O)c(O)c1. The summed E-state index contributed by atoms with van der Waals surface area (Å²) < 4.78 is 67.1. The van der Waals surface area contributed by atoms with Gasteiger partial charge in [-0.05, 0) is 85.3 Å². The Kier molecular flexibility index (Phi) is 11.0. The van der Waals surface area contributed by atoms with Gasteiger partial charge in [-0.25, -0.2) is 22.4 Å². The summed E-state index contributed by atoms with van der Waals surface area (Å²) >= 11 is 0. The summed E-state index contributed by atoms with van der Waals surface area (Å²) in [5.41, 5.74) is 1.45. The second-order valence-electron chi connectivity index (χ2n) is 11.8. The molecule has 0 spiro atoms. The summed E-state index contributed by atoms with van der Waals surface area (Å²) in [5.74, 6) is -3.34. The van der Waals surface area contributed by atoms with E-state index < -0.39 is 57.0 Å². The van der Waals surface area contributed by atoms with Crippen molar-refractivity contribution in [2.24, 2.45) is 0 Å². The van der Waals surface area contributed by atoms with Crippen molar-refractivity contribution in [1.29, 1.82) is 0 Å². The zero-order valence-electron chi connectivity index (χ0n) is 27.0. The van der Waals surface area contributed by atoms with Crippen LogP contribution in [0.4, 0.5) is 15.8 Å². The summed E-state index contributed by atoms with van der Waals surface area (Å²) in [4.78, 5) is 50.5. The summed E-state index contributed by atoms with van der Waals surface area (Å²) in [6, 6.07) is 13.8. The number of carbonyl (C=O) groups is 4. The number of phenols is 2. The van der Waals surface area contributed by atoms with Gasteiger partial charge in [-0.2, -0.15) is 16.8 Å². The molecule has 0 bridgehead atoms. The Balaban J connectivity index is 1.12. The first kappa shape index (κ1) is 36.8. The van der Waals surface area contributed by atoms with Gasteiger partial charge >= 0.3 is 20.4 Å². The largest absolute Gasteiger partial charge is 0.506 e. The minimum atomic E-state index is -4.10. The van der Waals surface area contributed by atoms with Crippen molar-refractivity contribution >= 4 is 55.4 Å². The average Bonchev–Trinajstić information content (AvgIpc) is 3.50. The second-order valence-corrected chi connectivity index (χ2v) is 15.0. The van der Waals surface area contributed by atoms with Gasteiger partial charge in [0.25, 0.3) is 17.7 Å². The standard InChI is InChI=1S/C32H35FN6O10S2/c33-24-9-7-23(8-10-24)32(45)37(15-2-4-22-6-12-26(28(41)18-22)39-20-31(44)36-51(39,48)49)16-13-29(42)34-14-1-3-21-5-11-25(27(40)17-21)38-19-30(43)35-50(38,46)47/h5-12,17-18,40-41H,1-4,13-16,19-20H2,(H,34,42)(H,35,43)(H,36,44). The number of phenolic OH excluding ortho intramolecular Hbond substituents is 2. The lowest BCUT2D eigenvalue weighted by Crippen LogP contribution is -2.36. The van der Waals surface area contributed by atoms with E-state index in [2.05, 4.69) is 5.32 Å². The number of amides is 4. The van der Waals surface area contributed by atoms with Gasteiger partial charge < -0.3 is 20.4 Å². The van der Waals surface area contributed by atoms with E-state index in [9.17, 15) is 50.6 Å². The number of nitrogens with one attached hydrogen (secondary N) is 3. The van der Waals surface area contributed by atoms with Crippen LogP contribution in [0, 0.1) is 5.82 Å². The van der Waals surface area contributed by atoms with Crippen LogP contribution in [-0.4, -0.2) is 88.3 Å². The molecule has 4 amide bonds. The number of nitrogens with zero attached hydrogens (tertiary/aromatic N) is 3. The highest BCUT2D eigenvalue weighted by Crippen LogP contribution is 2.33. The van der Waals surface area contributed by atoms with E-state index in [4.69, 9.17) is 0 Å². The lowest BCUT2D eigenvalue weighted by atomic mass is 10.1. The van der Waals surface area contributed by atoms with E-state index in [1.807, 2.05) is 9.44 Å². The van der Waals surface area contributed by atoms with E-state index >= 15 is 0 Å². The van der Waals surface area contributed by atoms with Gasteiger partial charge in [0, 0.05) is 31.6 Å². The molecule has 2 heterocycles. The highest BCUT2D eigenvalue weighted by molar-refractivity contribution is 7.92. The predicted molar refractivity (Wildman–Crippen MR) is 182 cm³/mol. The minimum absolute atomic E-state index is 0.0344. The molecule has 5 N–H and O–H groups in total. The first-order valence-electron chi connectivity index (χ1n) is 15.7. The normalized spacial score (nSPS) is 16.1. The van der Waals surface area contributed by atoms with Crippen LogP contribution in [0.3, 0.4) is 0 Å². The molecule has 0 radical (unpaired) electrons. The Morgan fingerprint density at radius 3 is 1.75 bits per heavy atom. The highest BCUT2D eigenvalue weighted by atomic mass is 32.2. The fourth-order valence-corrected chi connectivity index (χ4v) is 7.93. The topological polar surface area (TPSA) is 223 Å². The minimum Gasteiger partial charge on any atom is -0.506 e. The van der Waals surface area contributed by atoms with Crippen LogP contribution in [0.25, 0.3) is 0 Å². The third-order valence-corrected chi connectivity index (χ3v) is 10.9. The molecule has 2 aliphatic heterocycles. The Labute approximate surface area is 293 Å². The van der Waals surface area contributed by atoms with Crippen LogP contribution in [0.5, 0.6) is 11.5 Å². The Morgan fingerprint density at radius 2 is 1.27 bits per heavy atom. The molecule has 2 fully saturated rings. The zero-order chi connectivity index (χ0) is 36.9. The van der Waals surface area contributed by atoms with Crippen LogP contribution >= 0.6 is 0 Å². The molecule has 5 rings (SSSR count). The van der Waals surface area contributed by atoms with Crippen molar-refractivity contribution in [3.63, 3.8) is 0 Å². The molecule has 2 saturated heterocycles. The number of halogens is 1. The number of benzene rings is 3. The van der Waals surface area contributed by atoms with E-state index in [0.717, 1.165) is 20.7 Å². The molecule has 0 atom stereocenters. The molecule has 3 aromatic carbocycles. The number of aromatic hydroxyl groups is 2. The first-order valence-corrected chi connectivity index (χ1v) is 18.6. The molecule has 51 heavy (non-hydrogen) atoms. The molecular formula is C32H35FN6O10S2. The maximum atomic E-state index is 13.5. The van der Waals surface area contributed by atoms with Crippen LogP contribution in [0.2, 0.25) is 0 Å². The number of hydrogen-bond donors (Lipinski definition) is 5. The van der Waals surface area contributed by atoms with Crippen LogP contribution in [-0.2, 0) is 47.6 Å². The molecule has 0 aromatic heterocycles. The lowest BCUT2D eigenvalue weighted by molar-refractivity contribution is -0.121. The Hall–Kier alpha value is -5.43. The molecule has 0 aliphatic carbocycles. The summed E-state index contributed by atoms with van der Waals surface area (Å²) in [6.45, 7) is -0.377. The third kappa shape index (κ3) is 9.03. The number of carbonyl (C=O) groups excluding carboxylic acids is 4. The highest BCUT2D eigenvalue weighted by Gasteiger charge is 2.36. The molecule has 2 aliphatic rings. The monoisotopic (exact) mass is 746 g/mol. The van der Waals surface area contributed by atoms with Gasteiger partial charge in [0.05, 0.1) is 11.4 Å². The maximum absolute atomic E-state index is 13.5. The van der Waals surface area contributed by atoms with Crippen molar-refractivity contribution < 1.29 is 50.6 Å². The van der Waals surface area contributed by atoms with Crippen molar-refractivity contribution in [3.8, 4) is 11.5 Å². The molecular weight excluding hydrogens is 712 g/mol. The fraction of sp³-hybridized carbons (Fsp3) is 0.312. The third-order valence-electron chi connectivity index (χ3n) is 8.10. The van der Waals surface area contributed by atoms with Gasteiger partial charge in [0.15, 0.2) is 0 Å². The Morgan fingerprint density at radius 1 is 0.765 bits per heavy atom. The van der Waals surface area contributed by atoms with Crippen molar-refractivity contribution in [1.82, 2.24) is 19.7 Å². The lowest BCUT2D eigenvalue weighted by Gasteiger charge is -2.23.